The summed E-state index contributed by atoms with van der Waals surface area (Å²) in [6, 6.07) is 20.0. The van der Waals surface area contributed by atoms with Crippen LogP contribution >= 0.6 is 15.9 Å². The summed E-state index contributed by atoms with van der Waals surface area (Å²) in [7, 11) is 0. The third kappa shape index (κ3) is 6.82. The van der Waals surface area contributed by atoms with E-state index in [1.165, 1.54) is 6.21 Å². The molecule has 2 amide bonds. The van der Waals surface area contributed by atoms with Crippen molar-refractivity contribution in [3.8, 4) is 11.3 Å². The number of carbonyl (C=O) groups is 2. The topological polar surface area (TPSA) is 92.9 Å². The highest BCUT2D eigenvalue weighted by atomic mass is 79.9. The number of carbonyl (C=O) groups excluding carboxylic acids is 2. The number of nitrogens with one attached hydrogen (secondary N) is 2. The minimum atomic E-state index is -0.580. The molecule has 31 heavy (non-hydrogen) atoms. The highest BCUT2D eigenvalue weighted by Gasteiger charge is 2.18. The highest BCUT2D eigenvalue weighted by molar-refractivity contribution is 9.10. The molecule has 1 atom stereocenters. The zero-order valence-electron chi connectivity index (χ0n) is 16.9. The number of hydrogen-bond acceptors (Lipinski definition) is 5. The van der Waals surface area contributed by atoms with Gasteiger partial charge in [-0.2, -0.15) is 5.10 Å². The highest BCUT2D eigenvalue weighted by Crippen LogP contribution is 2.23. The van der Waals surface area contributed by atoms with Crippen molar-refractivity contribution in [3.05, 3.63) is 82.5 Å². The number of hydrogen-bond donors (Lipinski definition) is 2. The van der Waals surface area contributed by atoms with Gasteiger partial charge in [0.1, 0.15) is 11.5 Å². The van der Waals surface area contributed by atoms with E-state index in [1.54, 1.807) is 13.0 Å². The van der Waals surface area contributed by atoms with Crippen LogP contribution in [0.5, 0.6) is 0 Å². The minimum Gasteiger partial charge on any atom is -0.455 e. The molecule has 0 aliphatic rings. The van der Waals surface area contributed by atoms with Crippen LogP contribution in [0.3, 0.4) is 0 Å². The first kappa shape index (κ1) is 22.3. The van der Waals surface area contributed by atoms with Crippen molar-refractivity contribution in [1.29, 1.82) is 0 Å². The fraction of sp³-hybridized carbons (Fsp3) is 0.174. The molecular formula is C23H22BrN3O4. The molecular weight excluding hydrogens is 462 g/mol. The lowest BCUT2D eigenvalue weighted by molar-refractivity contribution is -0.121. The van der Waals surface area contributed by atoms with Crippen molar-refractivity contribution in [3.63, 3.8) is 0 Å². The second-order valence-corrected chi connectivity index (χ2v) is 7.45. The summed E-state index contributed by atoms with van der Waals surface area (Å²) in [6.45, 7) is 1.96. The van der Waals surface area contributed by atoms with Gasteiger partial charge in [-0.1, -0.05) is 58.4 Å². The third-order valence-corrected chi connectivity index (χ3v) is 4.82. The van der Waals surface area contributed by atoms with Gasteiger partial charge in [-0.25, -0.2) is 10.2 Å². The molecule has 0 saturated heterocycles. The summed E-state index contributed by atoms with van der Waals surface area (Å²) in [4.78, 5) is 24.2. The maximum absolute atomic E-state index is 12.4. The average Bonchev–Trinajstić information content (AvgIpc) is 3.23. The largest absolute Gasteiger partial charge is 0.455 e. The van der Waals surface area contributed by atoms with E-state index in [0.29, 0.717) is 11.5 Å². The van der Waals surface area contributed by atoms with E-state index in [1.807, 2.05) is 60.7 Å². The van der Waals surface area contributed by atoms with Crippen LogP contribution in [0.15, 0.2) is 80.7 Å². The van der Waals surface area contributed by atoms with E-state index in [0.717, 1.165) is 15.6 Å². The predicted molar refractivity (Wildman–Crippen MR) is 122 cm³/mol. The number of hydrazone groups is 1. The number of alkyl carbamates (subject to hydrolysis) is 1. The quantitative estimate of drug-likeness (QED) is 0.346. The number of furan rings is 1. The van der Waals surface area contributed by atoms with Crippen molar-refractivity contribution >= 4 is 34.1 Å². The van der Waals surface area contributed by atoms with Crippen molar-refractivity contribution < 1.29 is 18.7 Å². The van der Waals surface area contributed by atoms with Gasteiger partial charge in [0.25, 0.3) is 0 Å². The summed E-state index contributed by atoms with van der Waals surface area (Å²) >= 11 is 3.40. The van der Waals surface area contributed by atoms with Gasteiger partial charge in [0.15, 0.2) is 0 Å². The van der Waals surface area contributed by atoms with Gasteiger partial charge in [-0.15, -0.1) is 0 Å². The Morgan fingerprint density at radius 1 is 1.10 bits per heavy atom. The van der Waals surface area contributed by atoms with Gasteiger partial charge >= 0.3 is 6.09 Å². The lowest BCUT2D eigenvalue weighted by Gasteiger charge is -2.17. The molecule has 0 radical (unpaired) electrons. The number of ether oxygens (including phenoxy) is 1. The molecule has 0 spiro atoms. The van der Waals surface area contributed by atoms with E-state index < -0.39 is 12.1 Å². The molecule has 0 saturated carbocycles. The average molecular weight is 484 g/mol. The molecule has 0 aliphatic carbocycles. The Morgan fingerprint density at radius 3 is 2.55 bits per heavy atom. The first-order valence-corrected chi connectivity index (χ1v) is 10.5. The van der Waals surface area contributed by atoms with Crippen LogP contribution in [-0.4, -0.2) is 24.8 Å². The van der Waals surface area contributed by atoms with Gasteiger partial charge < -0.3 is 14.5 Å². The number of benzene rings is 2. The van der Waals surface area contributed by atoms with Crippen molar-refractivity contribution in [2.24, 2.45) is 5.10 Å². The Balaban J connectivity index is 1.59. The zero-order chi connectivity index (χ0) is 22.1. The smallest absolute Gasteiger partial charge is 0.407 e. The fourth-order valence-corrected chi connectivity index (χ4v) is 3.11. The van der Waals surface area contributed by atoms with Crippen LogP contribution in [0.25, 0.3) is 11.3 Å². The maximum Gasteiger partial charge on any atom is 0.407 e. The summed E-state index contributed by atoms with van der Waals surface area (Å²) in [6.07, 6.45) is 0.850. The Labute approximate surface area is 188 Å². The van der Waals surface area contributed by atoms with E-state index >= 15 is 0 Å². The molecule has 2 N–H and O–H groups in total. The van der Waals surface area contributed by atoms with Crippen LogP contribution in [0.1, 0.15) is 30.7 Å². The van der Waals surface area contributed by atoms with Crippen LogP contribution < -0.4 is 10.7 Å². The van der Waals surface area contributed by atoms with Gasteiger partial charge in [0, 0.05) is 10.0 Å². The molecule has 3 rings (SSSR count). The molecule has 160 valence electrons. The van der Waals surface area contributed by atoms with Crippen LogP contribution in [0, 0.1) is 0 Å². The molecule has 0 fully saturated rings. The van der Waals surface area contributed by atoms with E-state index in [9.17, 15) is 9.59 Å². The SMILES string of the molecule is CCOC(=O)N[C@H](CC(=O)N/N=C\c1ccc(-c2ccc(Br)cc2)o1)c1ccccc1. The van der Waals surface area contributed by atoms with Crippen molar-refractivity contribution in [2.75, 3.05) is 6.61 Å². The number of amides is 2. The summed E-state index contributed by atoms with van der Waals surface area (Å²) in [5.74, 6) is 0.840. The maximum atomic E-state index is 12.4. The number of rotatable bonds is 8. The first-order chi connectivity index (χ1) is 15.0. The summed E-state index contributed by atoms with van der Waals surface area (Å²) < 4.78 is 11.6. The number of halogens is 1. The van der Waals surface area contributed by atoms with E-state index in [2.05, 4.69) is 31.8 Å². The molecule has 3 aromatic rings. The van der Waals surface area contributed by atoms with Gasteiger partial charge in [-0.05, 0) is 36.8 Å². The van der Waals surface area contributed by atoms with Crippen LogP contribution in [0.4, 0.5) is 4.79 Å². The molecule has 0 bridgehead atoms. The van der Waals surface area contributed by atoms with Crippen molar-refractivity contribution in [2.45, 2.75) is 19.4 Å². The van der Waals surface area contributed by atoms with Gasteiger partial charge in [0.05, 0.1) is 25.3 Å². The monoisotopic (exact) mass is 483 g/mol. The molecule has 1 aromatic heterocycles. The van der Waals surface area contributed by atoms with E-state index in [-0.39, 0.29) is 18.9 Å². The van der Waals surface area contributed by atoms with Crippen LogP contribution in [0.2, 0.25) is 0 Å². The van der Waals surface area contributed by atoms with Crippen LogP contribution in [-0.2, 0) is 9.53 Å². The second kappa shape index (κ2) is 11.1. The molecule has 0 unspecified atom stereocenters. The Bertz CT molecular complexity index is 1030. The van der Waals surface area contributed by atoms with Gasteiger partial charge in [-0.3, -0.25) is 4.79 Å². The summed E-state index contributed by atoms with van der Waals surface area (Å²) in [5.41, 5.74) is 4.19. The van der Waals surface area contributed by atoms with Crippen molar-refractivity contribution in [1.82, 2.24) is 10.7 Å². The lowest BCUT2D eigenvalue weighted by Crippen LogP contribution is -2.33. The molecule has 1 heterocycles. The van der Waals surface area contributed by atoms with E-state index in [4.69, 9.17) is 9.15 Å². The summed E-state index contributed by atoms with van der Waals surface area (Å²) in [5, 5.41) is 6.66. The number of nitrogens with zero attached hydrogens (tertiary/aromatic N) is 1. The standard InChI is InChI=1S/C23H22BrN3O4/c1-2-30-23(29)26-20(16-6-4-3-5-7-16)14-22(28)27-25-15-19-12-13-21(31-19)17-8-10-18(24)11-9-17/h3-13,15,20H,2,14H2,1H3,(H,26,29)(H,27,28)/b25-15-/t20-/m1/s1. The second-order valence-electron chi connectivity index (χ2n) is 6.53. The molecule has 8 heteroatoms. The predicted octanol–water partition coefficient (Wildman–Crippen LogP) is 5.04. The Kier molecular flexibility index (Phi) is 8.00. The van der Waals surface area contributed by atoms with Gasteiger partial charge in [0.2, 0.25) is 5.91 Å². The first-order valence-electron chi connectivity index (χ1n) is 9.71. The minimum absolute atomic E-state index is 0.00245. The molecule has 7 nitrogen and oxygen atoms in total. The molecule has 0 aliphatic heterocycles. The Morgan fingerprint density at radius 2 is 1.84 bits per heavy atom. The third-order valence-electron chi connectivity index (χ3n) is 4.30. The fourth-order valence-electron chi connectivity index (χ4n) is 2.84. The molecule has 2 aromatic carbocycles. The zero-order valence-corrected chi connectivity index (χ0v) is 18.5. The Hall–Kier alpha value is -3.39. The normalized spacial score (nSPS) is 11.8. The lowest BCUT2D eigenvalue weighted by atomic mass is 10.0.